The number of aryl methyl sites for hydroxylation is 1. The Hall–Kier alpha value is -2.96. The average Bonchev–Trinajstić information content (AvgIpc) is 3.35. The highest BCUT2D eigenvalue weighted by atomic mass is 16.2. The third kappa shape index (κ3) is 2.68. The van der Waals surface area contributed by atoms with Crippen molar-refractivity contribution in [3.63, 3.8) is 0 Å². The molecule has 1 fully saturated rings. The maximum absolute atomic E-state index is 12.7. The summed E-state index contributed by atoms with van der Waals surface area (Å²) in [7, 11) is 0. The molecule has 1 amide bonds. The molecule has 2 aromatic heterocycles. The number of H-pyrrole nitrogens is 1. The third-order valence-electron chi connectivity index (χ3n) is 4.21. The van der Waals surface area contributed by atoms with Gasteiger partial charge in [-0.3, -0.25) is 20.0 Å². The zero-order valence-electron chi connectivity index (χ0n) is 13.2. The highest BCUT2D eigenvalue weighted by Crippen LogP contribution is 2.29. The first-order chi connectivity index (χ1) is 11.6. The largest absolute Gasteiger partial charge is 0.295 e. The fourth-order valence-electron chi connectivity index (χ4n) is 2.68. The van der Waals surface area contributed by atoms with Crippen molar-refractivity contribution in [2.75, 3.05) is 5.32 Å². The number of carbonyl (C=O) groups excluding carboxylic acids is 1. The van der Waals surface area contributed by atoms with Crippen LogP contribution in [0.4, 0.5) is 5.95 Å². The van der Waals surface area contributed by atoms with Crippen LogP contribution in [-0.2, 0) is 11.2 Å². The Morgan fingerprint density at radius 2 is 2.04 bits per heavy atom. The number of hydrogen-bond donors (Lipinski definition) is 2. The molecule has 122 valence electrons. The van der Waals surface area contributed by atoms with Crippen LogP contribution in [0.2, 0.25) is 0 Å². The monoisotopic (exact) mass is 323 g/mol. The molecule has 4 rings (SSSR count). The summed E-state index contributed by atoms with van der Waals surface area (Å²) >= 11 is 0. The van der Waals surface area contributed by atoms with Gasteiger partial charge in [0.25, 0.3) is 11.3 Å². The summed E-state index contributed by atoms with van der Waals surface area (Å²) in [5.41, 5.74) is 2.11. The summed E-state index contributed by atoms with van der Waals surface area (Å²) in [4.78, 5) is 33.2. The predicted molar refractivity (Wildman–Crippen MR) is 88.9 cm³/mol. The molecule has 2 heterocycles. The van der Waals surface area contributed by atoms with E-state index in [1.54, 1.807) is 6.92 Å². The Kier molecular flexibility index (Phi) is 3.41. The van der Waals surface area contributed by atoms with Crippen molar-refractivity contribution in [2.45, 2.75) is 26.2 Å². The molecule has 0 atom stereocenters. The topological polar surface area (TPSA) is 92.2 Å². The molecular formula is C17H17N5O2. The van der Waals surface area contributed by atoms with Crippen molar-refractivity contribution in [3.8, 4) is 0 Å². The quantitative estimate of drug-likeness (QED) is 0.764. The summed E-state index contributed by atoms with van der Waals surface area (Å²) in [5, 5.41) is 5.53. The standard InChI is InChI=1S/C17H17N5O2/c1-10-13(9-11-5-3-2-4-6-11)15(24)22-17(18-10)20-16(21-22)19-14(23)12-7-8-12/h2-6,12H,7-9H2,1H3,(H2,18,19,20,21,23). The maximum atomic E-state index is 12.7. The van der Waals surface area contributed by atoms with Crippen molar-refractivity contribution in [1.82, 2.24) is 19.6 Å². The first-order valence-electron chi connectivity index (χ1n) is 7.95. The van der Waals surface area contributed by atoms with Gasteiger partial charge >= 0.3 is 0 Å². The number of nitrogens with zero attached hydrogens (tertiary/aromatic N) is 3. The van der Waals surface area contributed by atoms with Crippen LogP contribution >= 0.6 is 0 Å². The number of benzene rings is 1. The Balaban J connectivity index is 1.70. The molecule has 1 aliphatic carbocycles. The summed E-state index contributed by atoms with van der Waals surface area (Å²) < 4.78 is 1.29. The number of hydrogen-bond acceptors (Lipinski definition) is 4. The summed E-state index contributed by atoms with van der Waals surface area (Å²) in [6, 6.07) is 9.77. The summed E-state index contributed by atoms with van der Waals surface area (Å²) in [5.74, 6) is 0.523. The Morgan fingerprint density at radius 1 is 1.29 bits per heavy atom. The number of anilines is 1. The van der Waals surface area contributed by atoms with Crippen molar-refractivity contribution in [1.29, 1.82) is 0 Å². The number of carbonyl (C=O) groups is 1. The highest BCUT2D eigenvalue weighted by molar-refractivity contribution is 5.92. The molecule has 24 heavy (non-hydrogen) atoms. The van der Waals surface area contributed by atoms with Crippen LogP contribution in [0.1, 0.15) is 29.7 Å². The minimum absolute atomic E-state index is 0.0664. The molecule has 2 N–H and O–H groups in total. The second kappa shape index (κ2) is 5.59. The van der Waals surface area contributed by atoms with Gasteiger partial charge in [-0.15, -0.1) is 0 Å². The highest BCUT2D eigenvalue weighted by Gasteiger charge is 2.30. The second-order valence-electron chi connectivity index (χ2n) is 6.11. The van der Waals surface area contributed by atoms with E-state index in [0.29, 0.717) is 17.7 Å². The SMILES string of the molecule is Cc1nc2nc(NC(=O)C3CC3)[nH]n2c(=O)c1Cc1ccccc1. The van der Waals surface area contributed by atoms with Gasteiger partial charge < -0.3 is 0 Å². The van der Waals surface area contributed by atoms with Gasteiger partial charge in [-0.25, -0.2) is 4.98 Å². The maximum Gasteiger partial charge on any atom is 0.277 e. The molecule has 0 aliphatic heterocycles. The molecule has 0 saturated heterocycles. The smallest absolute Gasteiger partial charge is 0.277 e. The van der Waals surface area contributed by atoms with Gasteiger partial charge in [-0.1, -0.05) is 30.3 Å². The molecule has 7 heteroatoms. The molecule has 0 bridgehead atoms. The van der Waals surface area contributed by atoms with E-state index in [1.807, 2.05) is 30.3 Å². The lowest BCUT2D eigenvalue weighted by atomic mass is 10.1. The average molecular weight is 323 g/mol. The molecule has 1 saturated carbocycles. The number of nitrogens with one attached hydrogen (secondary N) is 2. The van der Waals surface area contributed by atoms with Crippen LogP contribution in [0.3, 0.4) is 0 Å². The lowest BCUT2D eigenvalue weighted by Crippen LogP contribution is -2.22. The van der Waals surface area contributed by atoms with E-state index in [1.165, 1.54) is 4.52 Å². The van der Waals surface area contributed by atoms with E-state index < -0.39 is 0 Å². The zero-order chi connectivity index (χ0) is 16.7. The second-order valence-corrected chi connectivity index (χ2v) is 6.11. The van der Waals surface area contributed by atoms with Gasteiger partial charge in [0.2, 0.25) is 11.9 Å². The van der Waals surface area contributed by atoms with Crippen molar-refractivity contribution >= 4 is 17.6 Å². The molecule has 1 aromatic carbocycles. The van der Waals surface area contributed by atoms with E-state index in [-0.39, 0.29) is 29.1 Å². The number of fused-ring (bicyclic) bond motifs is 1. The van der Waals surface area contributed by atoms with Crippen LogP contribution in [0, 0.1) is 12.8 Å². The molecule has 7 nitrogen and oxygen atoms in total. The molecule has 0 radical (unpaired) electrons. The van der Waals surface area contributed by atoms with E-state index >= 15 is 0 Å². The van der Waals surface area contributed by atoms with Gasteiger partial charge in [0.05, 0.1) is 5.69 Å². The first kappa shape index (κ1) is 14.6. The van der Waals surface area contributed by atoms with Gasteiger partial charge in [-0.05, 0) is 25.3 Å². The molecular weight excluding hydrogens is 306 g/mol. The van der Waals surface area contributed by atoms with Crippen molar-refractivity contribution in [2.24, 2.45) is 5.92 Å². The number of amides is 1. The minimum Gasteiger partial charge on any atom is -0.295 e. The van der Waals surface area contributed by atoms with E-state index in [0.717, 1.165) is 18.4 Å². The van der Waals surface area contributed by atoms with Gasteiger partial charge in [0.1, 0.15) is 0 Å². The number of rotatable bonds is 4. The van der Waals surface area contributed by atoms with Crippen LogP contribution in [-0.4, -0.2) is 25.5 Å². The fourth-order valence-corrected chi connectivity index (χ4v) is 2.68. The van der Waals surface area contributed by atoms with Crippen molar-refractivity contribution < 1.29 is 4.79 Å². The van der Waals surface area contributed by atoms with Crippen LogP contribution < -0.4 is 10.9 Å². The van der Waals surface area contributed by atoms with Gasteiger partial charge in [0.15, 0.2) is 0 Å². The molecule has 1 aliphatic rings. The Morgan fingerprint density at radius 3 is 2.75 bits per heavy atom. The van der Waals surface area contributed by atoms with Crippen LogP contribution in [0.15, 0.2) is 35.1 Å². The van der Waals surface area contributed by atoms with E-state index in [9.17, 15) is 9.59 Å². The van der Waals surface area contributed by atoms with Gasteiger partial charge in [-0.2, -0.15) is 9.50 Å². The van der Waals surface area contributed by atoms with Crippen LogP contribution in [0.5, 0.6) is 0 Å². The molecule has 0 unspecified atom stereocenters. The summed E-state index contributed by atoms with van der Waals surface area (Å²) in [6.07, 6.45) is 2.32. The van der Waals surface area contributed by atoms with Crippen LogP contribution in [0.25, 0.3) is 5.78 Å². The lowest BCUT2D eigenvalue weighted by Gasteiger charge is -2.04. The number of aromatic amines is 1. The van der Waals surface area contributed by atoms with Gasteiger partial charge in [0, 0.05) is 17.9 Å². The normalized spacial score (nSPS) is 14.0. The first-order valence-corrected chi connectivity index (χ1v) is 7.95. The lowest BCUT2D eigenvalue weighted by molar-refractivity contribution is -0.117. The Bertz CT molecular complexity index is 970. The minimum atomic E-state index is -0.194. The number of aromatic nitrogens is 4. The Labute approximate surface area is 137 Å². The summed E-state index contributed by atoms with van der Waals surface area (Å²) in [6.45, 7) is 1.80. The molecule has 0 spiro atoms. The molecule has 3 aromatic rings. The van der Waals surface area contributed by atoms with Crippen molar-refractivity contribution in [3.05, 3.63) is 57.5 Å². The van der Waals surface area contributed by atoms with E-state index in [4.69, 9.17) is 0 Å². The predicted octanol–water partition coefficient (Wildman–Crippen LogP) is 1.67. The third-order valence-corrected chi connectivity index (χ3v) is 4.21. The zero-order valence-corrected chi connectivity index (χ0v) is 13.2. The fraction of sp³-hybridized carbons (Fsp3) is 0.294. The van der Waals surface area contributed by atoms with E-state index in [2.05, 4.69) is 20.4 Å².